The molecule has 1 aliphatic heterocycles. The maximum atomic E-state index is 15.9. The Balaban J connectivity index is 1.92. The molecule has 0 saturated carbocycles. The third-order valence-electron chi connectivity index (χ3n) is 6.46. The van der Waals surface area contributed by atoms with Crippen molar-refractivity contribution in [2.24, 2.45) is 0 Å². The van der Waals surface area contributed by atoms with Crippen LogP contribution in [-0.4, -0.2) is 50.1 Å². The molecular formula is C26H30F3N3O4. The summed E-state index contributed by atoms with van der Waals surface area (Å²) >= 11 is 0. The van der Waals surface area contributed by atoms with Gasteiger partial charge in [-0.05, 0) is 31.4 Å². The lowest BCUT2D eigenvalue weighted by Gasteiger charge is -2.26. The molecule has 2 aromatic carbocycles. The van der Waals surface area contributed by atoms with Gasteiger partial charge in [0.2, 0.25) is 0 Å². The molecule has 2 atom stereocenters. The predicted molar refractivity (Wildman–Crippen MR) is 129 cm³/mol. The van der Waals surface area contributed by atoms with E-state index in [1.807, 2.05) is 0 Å². The van der Waals surface area contributed by atoms with Crippen molar-refractivity contribution in [1.82, 2.24) is 9.97 Å². The molecule has 1 aliphatic rings. The first-order valence-electron chi connectivity index (χ1n) is 11.7. The molecule has 0 spiro atoms. The highest BCUT2D eigenvalue weighted by molar-refractivity contribution is 5.95. The van der Waals surface area contributed by atoms with Gasteiger partial charge in [-0.25, -0.2) is 14.4 Å². The Bertz CT molecular complexity index is 1250. The average Bonchev–Trinajstić information content (AvgIpc) is 3.39. The number of hydrogen-bond donors (Lipinski definition) is 1. The van der Waals surface area contributed by atoms with Crippen molar-refractivity contribution < 1.29 is 32.1 Å². The zero-order chi connectivity index (χ0) is 26.0. The number of halogens is 3. The number of anilines is 1. The summed E-state index contributed by atoms with van der Waals surface area (Å²) in [6.45, 7) is 4.08. The molecule has 1 saturated heterocycles. The SMILES string of the molecule is COCCOc1c(OC)cc2nc(C)nc(N)c2c1C(C)c1cccc(C(F)(F)C2CCCO2)c1F. The highest BCUT2D eigenvalue weighted by Crippen LogP contribution is 2.47. The van der Waals surface area contributed by atoms with Crippen LogP contribution in [-0.2, 0) is 15.4 Å². The van der Waals surface area contributed by atoms with E-state index in [9.17, 15) is 0 Å². The lowest BCUT2D eigenvalue weighted by molar-refractivity contribution is -0.124. The van der Waals surface area contributed by atoms with Crippen LogP contribution in [0.4, 0.5) is 19.0 Å². The van der Waals surface area contributed by atoms with Crippen LogP contribution < -0.4 is 15.2 Å². The molecule has 4 rings (SSSR count). The van der Waals surface area contributed by atoms with Crippen molar-refractivity contribution in [2.75, 3.05) is 39.8 Å². The van der Waals surface area contributed by atoms with Crippen molar-refractivity contribution in [3.05, 3.63) is 52.6 Å². The summed E-state index contributed by atoms with van der Waals surface area (Å²) in [6, 6.07) is 5.67. The summed E-state index contributed by atoms with van der Waals surface area (Å²) in [5, 5.41) is 0.442. The van der Waals surface area contributed by atoms with Crippen molar-refractivity contribution in [2.45, 2.75) is 44.6 Å². The van der Waals surface area contributed by atoms with Crippen molar-refractivity contribution in [3.63, 3.8) is 0 Å². The second-order valence-corrected chi connectivity index (χ2v) is 8.77. The summed E-state index contributed by atoms with van der Waals surface area (Å²) < 4.78 is 68.3. The van der Waals surface area contributed by atoms with Crippen molar-refractivity contribution >= 4 is 16.7 Å². The zero-order valence-corrected chi connectivity index (χ0v) is 20.7. The molecule has 7 nitrogen and oxygen atoms in total. The van der Waals surface area contributed by atoms with Gasteiger partial charge in [0, 0.05) is 31.3 Å². The van der Waals surface area contributed by atoms with E-state index in [1.165, 1.54) is 26.4 Å². The van der Waals surface area contributed by atoms with Crippen LogP contribution in [0.15, 0.2) is 24.3 Å². The zero-order valence-electron chi connectivity index (χ0n) is 20.7. The van der Waals surface area contributed by atoms with Gasteiger partial charge in [0.25, 0.3) is 0 Å². The Morgan fingerprint density at radius 3 is 2.67 bits per heavy atom. The first kappa shape index (κ1) is 26.0. The van der Waals surface area contributed by atoms with E-state index in [-0.39, 0.29) is 37.6 Å². The van der Waals surface area contributed by atoms with E-state index in [0.29, 0.717) is 40.2 Å². The summed E-state index contributed by atoms with van der Waals surface area (Å²) in [5.74, 6) is -4.00. The number of nitrogens with zero attached hydrogens (tertiary/aromatic N) is 2. The fourth-order valence-electron chi connectivity index (χ4n) is 4.71. The van der Waals surface area contributed by atoms with Gasteiger partial charge in [-0.2, -0.15) is 8.78 Å². The van der Waals surface area contributed by atoms with Crippen molar-refractivity contribution in [1.29, 1.82) is 0 Å². The van der Waals surface area contributed by atoms with Crippen LogP contribution in [0.3, 0.4) is 0 Å². The molecule has 194 valence electrons. The monoisotopic (exact) mass is 505 g/mol. The molecule has 0 amide bonds. The van der Waals surface area contributed by atoms with E-state index in [2.05, 4.69) is 9.97 Å². The molecule has 0 aliphatic carbocycles. The van der Waals surface area contributed by atoms with Gasteiger partial charge < -0.3 is 24.7 Å². The van der Waals surface area contributed by atoms with Gasteiger partial charge in [-0.3, -0.25) is 0 Å². The number of aryl methyl sites for hydroxylation is 1. The Kier molecular flexibility index (Phi) is 7.56. The van der Waals surface area contributed by atoms with Gasteiger partial charge in [0.15, 0.2) is 11.5 Å². The number of ether oxygens (including phenoxy) is 4. The quantitative estimate of drug-likeness (QED) is 0.404. The molecule has 10 heteroatoms. The van der Waals surface area contributed by atoms with Crippen LogP contribution in [0.25, 0.3) is 10.9 Å². The second kappa shape index (κ2) is 10.5. The maximum absolute atomic E-state index is 15.9. The van der Waals surface area contributed by atoms with Crippen LogP contribution in [0.1, 0.15) is 48.2 Å². The number of hydrogen-bond acceptors (Lipinski definition) is 7. The summed E-state index contributed by atoms with van der Waals surface area (Å²) in [5.41, 5.74) is 6.57. The Morgan fingerprint density at radius 2 is 2.00 bits per heavy atom. The topological polar surface area (TPSA) is 88.7 Å². The van der Waals surface area contributed by atoms with Gasteiger partial charge in [0.1, 0.15) is 30.2 Å². The summed E-state index contributed by atoms with van der Waals surface area (Å²) in [4.78, 5) is 8.75. The molecule has 1 fully saturated rings. The van der Waals surface area contributed by atoms with Crippen molar-refractivity contribution in [3.8, 4) is 11.5 Å². The number of alkyl halides is 2. The van der Waals surface area contributed by atoms with Gasteiger partial charge >= 0.3 is 5.92 Å². The van der Waals surface area contributed by atoms with Crippen LogP contribution >= 0.6 is 0 Å². The molecule has 2 heterocycles. The minimum Gasteiger partial charge on any atom is -0.493 e. The number of nitrogen functional groups attached to an aromatic ring is 1. The fraction of sp³-hybridized carbons (Fsp3) is 0.462. The molecule has 1 aromatic heterocycles. The Hall–Kier alpha value is -3.11. The van der Waals surface area contributed by atoms with Crippen LogP contribution in [0.2, 0.25) is 0 Å². The predicted octanol–water partition coefficient (Wildman–Crippen LogP) is 5.12. The van der Waals surface area contributed by atoms with E-state index in [4.69, 9.17) is 24.7 Å². The minimum atomic E-state index is -3.48. The maximum Gasteiger partial charge on any atom is 0.301 e. The first-order chi connectivity index (χ1) is 17.2. The number of fused-ring (bicyclic) bond motifs is 1. The van der Waals surface area contributed by atoms with E-state index in [0.717, 1.165) is 6.07 Å². The molecule has 36 heavy (non-hydrogen) atoms. The molecule has 2 unspecified atom stereocenters. The lowest BCUT2D eigenvalue weighted by Crippen LogP contribution is -2.31. The van der Waals surface area contributed by atoms with Gasteiger partial charge in [0.05, 0.1) is 30.2 Å². The van der Waals surface area contributed by atoms with Gasteiger partial charge in [-0.15, -0.1) is 0 Å². The number of nitrogens with two attached hydrogens (primary N) is 1. The molecule has 2 N–H and O–H groups in total. The first-order valence-corrected chi connectivity index (χ1v) is 11.7. The molecule has 0 bridgehead atoms. The Labute approximate surface area is 207 Å². The molecule has 3 aromatic rings. The third kappa shape index (κ3) is 4.67. The van der Waals surface area contributed by atoms with Crippen LogP contribution in [0, 0.1) is 12.7 Å². The second-order valence-electron chi connectivity index (χ2n) is 8.77. The number of rotatable bonds is 9. The van der Waals surface area contributed by atoms with Gasteiger partial charge in [-0.1, -0.05) is 19.1 Å². The van der Waals surface area contributed by atoms with Crippen LogP contribution in [0.5, 0.6) is 11.5 Å². The number of methoxy groups -OCH3 is 2. The third-order valence-corrected chi connectivity index (χ3v) is 6.46. The number of aromatic nitrogens is 2. The normalized spacial score (nSPS) is 16.9. The van der Waals surface area contributed by atoms with E-state index in [1.54, 1.807) is 19.9 Å². The largest absolute Gasteiger partial charge is 0.493 e. The summed E-state index contributed by atoms with van der Waals surface area (Å²) in [6.07, 6.45) is -0.693. The molecular weight excluding hydrogens is 475 g/mol. The fourth-order valence-corrected chi connectivity index (χ4v) is 4.71. The highest BCUT2D eigenvalue weighted by atomic mass is 19.3. The average molecular weight is 506 g/mol. The molecule has 0 radical (unpaired) electrons. The summed E-state index contributed by atoms with van der Waals surface area (Å²) in [7, 11) is 3.01. The van der Waals surface area contributed by atoms with E-state index < -0.39 is 29.3 Å². The smallest absolute Gasteiger partial charge is 0.301 e. The minimum absolute atomic E-state index is 0.0521. The number of benzene rings is 2. The highest BCUT2D eigenvalue weighted by Gasteiger charge is 2.46. The lowest BCUT2D eigenvalue weighted by atomic mass is 9.86. The standard InChI is InChI=1S/C26H30F3N3O4/c1-14(16-7-5-8-17(23(16)27)26(28,29)20-9-6-10-35-20)21-22-18(31-15(2)32-25(22)30)13-19(34-4)24(21)36-12-11-33-3/h5,7-8,13-14,20H,6,9-12H2,1-4H3,(H2,30,31,32). The van der Waals surface area contributed by atoms with E-state index >= 15 is 13.2 Å². The Morgan fingerprint density at radius 1 is 1.22 bits per heavy atom.